The van der Waals surface area contributed by atoms with Crippen LogP contribution in [0.3, 0.4) is 0 Å². The molecule has 0 spiro atoms. The van der Waals surface area contributed by atoms with E-state index in [0.717, 1.165) is 12.0 Å². The molecule has 0 aromatic carbocycles. The fourth-order valence-electron chi connectivity index (χ4n) is 1.51. The second kappa shape index (κ2) is 4.94. The van der Waals surface area contributed by atoms with Crippen LogP contribution in [0.25, 0.3) is 0 Å². The highest BCUT2D eigenvalue weighted by Gasteiger charge is 2.37. The molecule has 1 rings (SSSR count). The Morgan fingerprint density at radius 1 is 1.53 bits per heavy atom. The monoisotopic (exact) mass is 255 g/mol. The van der Waals surface area contributed by atoms with Crippen LogP contribution in [0.5, 0.6) is 0 Å². The van der Waals surface area contributed by atoms with Crippen LogP contribution in [-0.2, 0) is 9.22 Å². The van der Waals surface area contributed by atoms with E-state index in [4.69, 9.17) is 4.43 Å². The van der Waals surface area contributed by atoms with Gasteiger partial charge in [0.15, 0.2) is 8.32 Å². The van der Waals surface area contributed by atoms with Gasteiger partial charge in [0.05, 0.1) is 12.6 Å². The quantitative estimate of drug-likeness (QED) is 0.619. The molecular formula is C13H25NO2Si. The van der Waals surface area contributed by atoms with E-state index in [-0.39, 0.29) is 17.0 Å². The molecule has 0 saturated carbocycles. The number of nitrogens with one attached hydrogen (secondary N) is 1. The van der Waals surface area contributed by atoms with Crippen LogP contribution in [0.15, 0.2) is 12.2 Å². The predicted molar refractivity (Wildman–Crippen MR) is 73.5 cm³/mol. The number of amides is 1. The van der Waals surface area contributed by atoms with Crippen LogP contribution in [0.2, 0.25) is 18.1 Å². The zero-order valence-electron chi connectivity index (χ0n) is 11.7. The summed E-state index contributed by atoms with van der Waals surface area (Å²) in [6.45, 7) is 15.7. The molecule has 3 nitrogen and oxygen atoms in total. The van der Waals surface area contributed by atoms with Crippen LogP contribution in [-0.4, -0.2) is 26.9 Å². The van der Waals surface area contributed by atoms with Crippen molar-refractivity contribution in [3.05, 3.63) is 12.2 Å². The van der Waals surface area contributed by atoms with Gasteiger partial charge in [0.1, 0.15) is 0 Å². The Hall–Kier alpha value is -0.613. The van der Waals surface area contributed by atoms with E-state index in [9.17, 15) is 4.79 Å². The van der Waals surface area contributed by atoms with Crippen LogP contribution in [0, 0.1) is 0 Å². The summed E-state index contributed by atoms with van der Waals surface area (Å²) in [7, 11) is -1.71. The highest BCUT2D eigenvalue weighted by atomic mass is 28.4. The number of rotatable bonds is 4. The highest BCUT2D eigenvalue weighted by molar-refractivity contribution is 6.74. The molecule has 1 aliphatic heterocycles. The lowest BCUT2D eigenvalue weighted by atomic mass is 10.1. The lowest BCUT2D eigenvalue weighted by molar-refractivity contribution is -0.119. The molecule has 1 saturated heterocycles. The number of hydrogen-bond acceptors (Lipinski definition) is 2. The molecule has 1 unspecified atom stereocenters. The maximum absolute atomic E-state index is 11.1. The number of carbonyl (C=O) groups excluding carboxylic acids is 1. The molecule has 0 aromatic heterocycles. The summed E-state index contributed by atoms with van der Waals surface area (Å²) in [4.78, 5) is 11.1. The summed E-state index contributed by atoms with van der Waals surface area (Å²) in [6.07, 6.45) is 1.47. The first-order valence-corrected chi connectivity index (χ1v) is 9.15. The minimum absolute atomic E-state index is 0.118. The first-order valence-electron chi connectivity index (χ1n) is 6.24. The zero-order valence-corrected chi connectivity index (χ0v) is 12.7. The van der Waals surface area contributed by atoms with Gasteiger partial charge in [0.2, 0.25) is 5.91 Å². The highest BCUT2D eigenvalue weighted by Crippen LogP contribution is 2.36. The van der Waals surface area contributed by atoms with Crippen LogP contribution in [0.4, 0.5) is 0 Å². The van der Waals surface area contributed by atoms with E-state index < -0.39 is 8.32 Å². The molecule has 0 radical (unpaired) electrons. The van der Waals surface area contributed by atoms with Crippen LogP contribution >= 0.6 is 0 Å². The summed E-state index contributed by atoms with van der Waals surface area (Å²) in [5.74, 6) is 0.128. The van der Waals surface area contributed by atoms with Crippen molar-refractivity contribution in [1.82, 2.24) is 5.32 Å². The Labute approximate surface area is 106 Å². The molecule has 17 heavy (non-hydrogen) atoms. The Morgan fingerprint density at radius 3 is 2.53 bits per heavy atom. The zero-order chi connectivity index (χ0) is 13.3. The van der Waals surface area contributed by atoms with E-state index in [0.29, 0.717) is 13.0 Å². The minimum Gasteiger partial charge on any atom is -0.413 e. The average molecular weight is 255 g/mol. The molecule has 0 aliphatic carbocycles. The summed E-state index contributed by atoms with van der Waals surface area (Å²) in [6, 6.07) is 0.118. The van der Waals surface area contributed by atoms with Gasteiger partial charge in [0, 0.05) is 6.42 Å². The molecule has 1 N–H and O–H groups in total. The third kappa shape index (κ3) is 3.68. The van der Waals surface area contributed by atoms with Gasteiger partial charge in [-0.05, 0) is 30.1 Å². The molecule has 1 aliphatic rings. The molecule has 1 heterocycles. The Morgan fingerprint density at radius 2 is 2.12 bits per heavy atom. The molecule has 1 amide bonds. The van der Waals surface area contributed by atoms with E-state index in [1.54, 1.807) is 0 Å². The predicted octanol–water partition coefficient (Wildman–Crippen LogP) is 2.84. The molecular weight excluding hydrogens is 230 g/mol. The maximum Gasteiger partial charge on any atom is 0.220 e. The Bertz CT molecular complexity index is 318. The lowest BCUT2D eigenvalue weighted by Gasteiger charge is -2.36. The SMILES string of the molecule is C=C(CO[Si](C)(C)C(C)(C)C)C1CCC(=O)N1. The first-order chi connectivity index (χ1) is 7.63. The van der Waals surface area contributed by atoms with Gasteiger partial charge in [0.25, 0.3) is 0 Å². The van der Waals surface area contributed by atoms with Crippen molar-refractivity contribution in [3.63, 3.8) is 0 Å². The maximum atomic E-state index is 11.1. The third-order valence-electron chi connectivity index (χ3n) is 3.91. The van der Waals surface area contributed by atoms with Gasteiger partial charge in [-0.3, -0.25) is 4.79 Å². The van der Waals surface area contributed by atoms with Gasteiger partial charge >= 0.3 is 0 Å². The molecule has 1 atom stereocenters. The average Bonchev–Trinajstić information content (AvgIpc) is 2.59. The lowest BCUT2D eigenvalue weighted by Crippen LogP contribution is -2.42. The number of hydrogen-bond donors (Lipinski definition) is 1. The van der Waals surface area contributed by atoms with Gasteiger partial charge in [-0.1, -0.05) is 27.4 Å². The number of carbonyl (C=O) groups is 1. The van der Waals surface area contributed by atoms with Crippen molar-refractivity contribution >= 4 is 14.2 Å². The summed E-state index contributed by atoms with van der Waals surface area (Å²) < 4.78 is 6.09. The first kappa shape index (κ1) is 14.4. The normalized spacial score (nSPS) is 21.5. The molecule has 98 valence electrons. The largest absolute Gasteiger partial charge is 0.413 e. The second-order valence-electron chi connectivity index (χ2n) is 6.37. The fraction of sp³-hybridized carbons (Fsp3) is 0.769. The summed E-state index contributed by atoms with van der Waals surface area (Å²) in [5, 5.41) is 3.14. The molecule has 1 fully saturated rings. The van der Waals surface area contributed by atoms with E-state index in [2.05, 4.69) is 45.8 Å². The van der Waals surface area contributed by atoms with Gasteiger partial charge in [-0.25, -0.2) is 0 Å². The van der Waals surface area contributed by atoms with E-state index >= 15 is 0 Å². The fourth-order valence-corrected chi connectivity index (χ4v) is 2.49. The topological polar surface area (TPSA) is 38.3 Å². The van der Waals surface area contributed by atoms with Gasteiger partial charge in [-0.15, -0.1) is 0 Å². The van der Waals surface area contributed by atoms with Crippen molar-refractivity contribution in [3.8, 4) is 0 Å². The van der Waals surface area contributed by atoms with Crippen molar-refractivity contribution in [1.29, 1.82) is 0 Å². The smallest absolute Gasteiger partial charge is 0.220 e. The van der Waals surface area contributed by atoms with Crippen molar-refractivity contribution < 1.29 is 9.22 Å². The molecule has 0 bridgehead atoms. The van der Waals surface area contributed by atoms with E-state index in [1.165, 1.54) is 0 Å². The van der Waals surface area contributed by atoms with Crippen LogP contribution < -0.4 is 5.32 Å². The van der Waals surface area contributed by atoms with Crippen LogP contribution in [0.1, 0.15) is 33.6 Å². The summed E-state index contributed by atoms with van der Waals surface area (Å²) in [5.41, 5.74) is 1.00. The van der Waals surface area contributed by atoms with E-state index in [1.807, 2.05) is 0 Å². The molecule has 0 aromatic rings. The van der Waals surface area contributed by atoms with Crippen molar-refractivity contribution in [2.75, 3.05) is 6.61 Å². The summed E-state index contributed by atoms with van der Waals surface area (Å²) >= 11 is 0. The van der Waals surface area contributed by atoms with Gasteiger partial charge in [-0.2, -0.15) is 0 Å². The Kier molecular flexibility index (Phi) is 4.20. The standard InChI is InChI=1S/C13H25NO2Si/c1-10(11-7-8-12(15)14-11)9-16-17(5,6)13(2,3)4/h11H,1,7-9H2,2-6H3,(H,14,15). The minimum atomic E-state index is -1.71. The van der Waals surface area contributed by atoms with Crippen molar-refractivity contribution in [2.24, 2.45) is 0 Å². The van der Waals surface area contributed by atoms with Gasteiger partial charge < -0.3 is 9.74 Å². The second-order valence-corrected chi connectivity index (χ2v) is 11.2. The Balaban J connectivity index is 2.46. The molecule has 4 heteroatoms. The third-order valence-corrected chi connectivity index (χ3v) is 8.39. The van der Waals surface area contributed by atoms with Crippen molar-refractivity contribution in [2.45, 2.75) is 57.8 Å².